The van der Waals surface area contributed by atoms with Crippen molar-refractivity contribution >= 4 is 5.96 Å². The summed E-state index contributed by atoms with van der Waals surface area (Å²) in [6, 6.07) is 0.532. The number of rotatable bonds is 4. The third-order valence-corrected chi connectivity index (χ3v) is 4.09. The lowest BCUT2D eigenvalue weighted by molar-refractivity contribution is -0.000990. The van der Waals surface area contributed by atoms with Crippen molar-refractivity contribution < 1.29 is 5.11 Å². The molecule has 0 bridgehead atoms. The van der Waals surface area contributed by atoms with Gasteiger partial charge in [-0.15, -0.1) is 0 Å². The normalized spacial score (nSPS) is 34.7. The highest BCUT2D eigenvalue weighted by Crippen LogP contribution is 2.33. The molecular formula is C13H25N3O. The third-order valence-electron chi connectivity index (χ3n) is 4.09. The standard InChI is InChI=1S/C13H25N3O/c1-2-10-5-7-13(17,8-6-10)9-15-12(14)16-11-3-4-11/h10-11,17H,2-9H2,1H3,(H3,14,15,16). The van der Waals surface area contributed by atoms with Gasteiger partial charge in [0.2, 0.25) is 0 Å². The molecule has 0 aromatic heterocycles. The predicted octanol–water partition coefficient (Wildman–Crippen LogP) is 1.38. The highest BCUT2D eigenvalue weighted by atomic mass is 16.3. The maximum atomic E-state index is 10.4. The number of hydrogen-bond donors (Lipinski definition) is 3. The molecule has 0 heterocycles. The zero-order valence-electron chi connectivity index (χ0n) is 10.8. The minimum absolute atomic E-state index is 0.453. The van der Waals surface area contributed by atoms with E-state index in [1.54, 1.807) is 0 Å². The molecule has 0 spiro atoms. The van der Waals surface area contributed by atoms with Gasteiger partial charge < -0.3 is 16.2 Å². The minimum atomic E-state index is -0.610. The van der Waals surface area contributed by atoms with Crippen LogP contribution < -0.4 is 11.1 Å². The molecule has 4 N–H and O–H groups in total. The zero-order valence-corrected chi connectivity index (χ0v) is 10.8. The Bertz CT molecular complexity index is 278. The topological polar surface area (TPSA) is 70.6 Å². The Morgan fingerprint density at radius 2 is 2.00 bits per heavy atom. The Labute approximate surface area is 104 Å². The van der Waals surface area contributed by atoms with Crippen molar-refractivity contribution in [3.63, 3.8) is 0 Å². The van der Waals surface area contributed by atoms with Crippen LogP contribution in [0.25, 0.3) is 0 Å². The van der Waals surface area contributed by atoms with Crippen LogP contribution in [0.1, 0.15) is 51.9 Å². The number of aliphatic imine (C=N–C) groups is 1. The average Bonchev–Trinajstić information content (AvgIpc) is 3.12. The Balaban J connectivity index is 1.77. The molecular weight excluding hydrogens is 214 g/mol. The first-order valence-electron chi connectivity index (χ1n) is 6.90. The van der Waals surface area contributed by atoms with E-state index in [-0.39, 0.29) is 0 Å². The van der Waals surface area contributed by atoms with Gasteiger partial charge in [-0.1, -0.05) is 13.3 Å². The second kappa shape index (κ2) is 5.25. The molecule has 0 atom stereocenters. The Morgan fingerprint density at radius 3 is 2.53 bits per heavy atom. The lowest BCUT2D eigenvalue weighted by atomic mass is 9.78. The molecule has 4 heteroatoms. The third kappa shape index (κ3) is 3.87. The van der Waals surface area contributed by atoms with E-state index >= 15 is 0 Å². The van der Waals surface area contributed by atoms with Gasteiger partial charge in [0, 0.05) is 6.04 Å². The molecule has 0 aromatic rings. The smallest absolute Gasteiger partial charge is 0.188 e. The minimum Gasteiger partial charge on any atom is -0.388 e. The van der Waals surface area contributed by atoms with Crippen LogP contribution in [0, 0.1) is 5.92 Å². The summed E-state index contributed by atoms with van der Waals surface area (Å²) in [5, 5.41) is 13.5. The first kappa shape index (κ1) is 12.7. The largest absolute Gasteiger partial charge is 0.388 e. The molecule has 0 aromatic carbocycles. The number of hydrogen-bond acceptors (Lipinski definition) is 2. The molecule has 2 aliphatic rings. The first-order chi connectivity index (χ1) is 8.11. The average molecular weight is 239 g/mol. The van der Waals surface area contributed by atoms with E-state index in [0.29, 0.717) is 18.5 Å². The maximum Gasteiger partial charge on any atom is 0.188 e. The summed E-state index contributed by atoms with van der Waals surface area (Å²) in [7, 11) is 0. The van der Waals surface area contributed by atoms with Crippen molar-refractivity contribution in [2.24, 2.45) is 16.6 Å². The van der Waals surface area contributed by atoms with E-state index in [1.807, 2.05) is 0 Å². The highest BCUT2D eigenvalue weighted by Gasteiger charge is 2.32. The molecule has 4 nitrogen and oxygen atoms in total. The van der Waals surface area contributed by atoms with Crippen LogP contribution in [0.3, 0.4) is 0 Å². The van der Waals surface area contributed by atoms with Gasteiger partial charge >= 0.3 is 0 Å². The number of nitrogens with two attached hydrogens (primary N) is 1. The number of nitrogens with one attached hydrogen (secondary N) is 1. The van der Waals surface area contributed by atoms with Gasteiger partial charge in [-0.2, -0.15) is 0 Å². The number of aliphatic hydroxyl groups is 1. The summed E-state index contributed by atoms with van der Waals surface area (Å²) in [6.07, 6.45) is 7.59. The van der Waals surface area contributed by atoms with Crippen LogP contribution in [0.5, 0.6) is 0 Å². The molecule has 0 amide bonds. The summed E-state index contributed by atoms with van der Waals surface area (Å²) in [5.74, 6) is 1.29. The summed E-state index contributed by atoms with van der Waals surface area (Å²) in [5.41, 5.74) is 5.16. The van der Waals surface area contributed by atoms with Gasteiger partial charge in [0.15, 0.2) is 5.96 Å². The second-order valence-corrected chi connectivity index (χ2v) is 5.70. The summed E-state index contributed by atoms with van der Waals surface area (Å²) in [4.78, 5) is 4.28. The van der Waals surface area contributed by atoms with Crippen LogP contribution in [-0.4, -0.2) is 29.3 Å². The SMILES string of the molecule is CCC1CCC(O)(CN=C(N)NC2CC2)CC1. The van der Waals surface area contributed by atoms with Crippen molar-refractivity contribution in [3.05, 3.63) is 0 Å². The first-order valence-corrected chi connectivity index (χ1v) is 6.90. The maximum absolute atomic E-state index is 10.4. The van der Waals surface area contributed by atoms with E-state index in [4.69, 9.17) is 5.73 Å². The van der Waals surface area contributed by atoms with E-state index in [1.165, 1.54) is 19.3 Å². The molecule has 17 heavy (non-hydrogen) atoms. The zero-order chi connectivity index (χ0) is 12.3. The fourth-order valence-corrected chi connectivity index (χ4v) is 2.50. The molecule has 0 aliphatic heterocycles. The van der Waals surface area contributed by atoms with E-state index in [9.17, 15) is 5.11 Å². The van der Waals surface area contributed by atoms with Gasteiger partial charge in [-0.25, -0.2) is 0 Å². The lowest BCUT2D eigenvalue weighted by Crippen LogP contribution is -2.40. The lowest BCUT2D eigenvalue weighted by Gasteiger charge is -2.34. The van der Waals surface area contributed by atoms with Crippen LogP contribution in [0.15, 0.2) is 4.99 Å². The van der Waals surface area contributed by atoms with Gasteiger partial charge in [-0.3, -0.25) is 4.99 Å². The number of guanidine groups is 1. The van der Waals surface area contributed by atoms with Gasteiger partial charge in [0.05, 0.1) is 12.1 Å². The molecule has 98 valence electrons. The summed E-state index contributed by atoms with van der Waals surface area (Å²) in [6.45, 7) is 2.68. The van der Waals surface area contributed by atoms with Gasteiger partial charge in [0.1, 0.15) is 0 Å². The molecule has 0 unspecified atom stereocenters. The molecule has 2 saturated carbocycles. The molecule has 2 rings (SSSR count). The Hall–Kier alpha value is -0.770. The van der Waals surface area contributed by atoms with Gasteiger partial charge in [-0.05, 0) is 44.4 Å². The van der Waals surface area contributed by atoms with Crippen LogP contribution in [0.2, 0.25) is 0 Å². The summed E-state index contributed by atoms with van der Waals surface area (Å²) < 4.78 is 0. The Kier molecular flexibility index (Phi) is 3.92. The Morgan fingerprint density at radius 1 is 1.35 bits per heavy atom. The molecule has 2 fully saturated rings. The van der Waals surface area contributed by atoms with Crippen molar-refractivity contribution in [2.75, 3.05) is 6.54 Å². The van der Waals surface area contributed by atoms with E-state index in [2.05, 4.69) is 17.2 Å². The van der Waals surface area contributed by atoms with Gasteiger partial charge in [0.25, 0.3) is 0 Å². The molecule has 0 saturated heterocycles. The van der Waals surface area contributed by atoms with Crippen LogP contribution >= 0.6 is 0 Å². The van der Waals surface area contributed by atoms with Crippen LogP contribution in [0.4, 0.5) is 0 Å². The molecule has 0 radical (unpaired) electrons. The fraction of sp³-hybridized carbons (Fsp3) is 0.923. The monoisotopic (exact) mass is 239 g/mol. The van der Waals surface area contributed by atoms with E-state index < -0.39 is 5.60 Å². The van der Waals surface area contributed by atoms with Crippen molar-refractivity contribution in [1.82, 2.24) is 5.32 Å². The van der Waals surface area contributed by atoms with Crippen molar-refractivity contribution in [1.29, 1.82) is 0 Å². The van der Waals surface area contributed by atoms with E-state index in [0.717, 1.165) is 31.6 Å². The highest BCUT2D eigenvalue weighted by molar-refractivity contribution is 5.78. The second-order valence-electron chi connectivity index (χ2n) is 5.70. The van der Waals surface area contributed by atoms with Crippen molar-refractivity contribution in [2.45, 2.75) is 63.5 Å². The predicted molar refractivity (Wildman–Crippen MR) is 69.8 cm³/mol. The van der Waals surface area contributed by atoms with Crippen molar-refractivity contribution in [3.8, 4) is 0 Å². The fourth-order valence-electron chi connectivity index (χ4n) is 2.50. The summed E-state index contributed by atoms with van der Waals surface area (Å²) >= 11 is 0. The van der Waals surface area contributed by atoms with Crippen LogP contribution in [-0.2, 0) is 0 Å². The number of nitrogens with zero attached hydrogens (tertiary/aromatic N) is 1. The molecule has 2 aliphatic carbocycles. The quantitative estimate of drug-likeness (QED) is 0.513.